The summed E-state index contributed by atoms with van der Waals surface area (Å²) in [4.78, 5) is 2.82. The molecule has 8 heteroatoms. The molecule has 0 amide bonds. The van der Waals surface area contributed by atoms with Crippen molar-refractivity contribution in [1.29, 1.82) is 10.5 Å². The van der Waals surface area contributed by atoms with Gasteiger partial charge in [0, 0.05) is 30.2 Å². The lowest BCUT2D eigenvalue weighted by Gasteiger charge is -2.27. The molecular formula is C15H13Cl2N4O2+. The molecule has 0 saturated heterocycles. The van der Waals surface area contributed by atoms with Gasteiger partial charge in [-0.3, -0.25) is 5.73 Å². The van der Waals surface area contributed by atoms with Crippen LogP contribution in [-0.4, -0.2) is 26.0 Å². The highest BCUT2D eigenvalue weighted by atomic mass is 35.5. The summed E-state index contributed by atoms with van der Waals surface area (Å²) in [6.07, 6.45) is 0. The molecule has 2 aliphatic rings. The number of hydrogen-bond acceptors (Lipinski definition) is 5. The van der Waals surface area contributed by atoms with Crippen LogP contribution in [0.15, 0.2) is 18.2 Å². The van der Waals surface area contributed by atoms with Crippen molar-refractivity contribution >= 4 is 29.0 Å². The molecule has 1 saturated carbocycles. The molecule has 1 heterocycles. The van der Waals surface area contributed by atoms with E-state index < -0.39 is 22.7 Å². The van der Waals surface area contributed by atoms with E-state index in [-0.39, 0.29) is 5.84 Å². The van der Waals surface area contributed by atoms with Gasteiger partial charge in [0.25, 0.3) is 5.84 Å². The van der Waals surface area contributed by atoms with E-state index in [1.165, 1.54) is 14.2 Å². The van der Waals surface area contributed by atoms with Crippen molar-refractivity contribution < 1.29 is 14.5 Å². The summed E-state index contributed by atoms with van der Waals surface area (Å²) < 4.78 is 10.9. The highest BCUT2D eigenvalue weighted by molar-refractivity contribution is 6.35. The maximum Gasteiger partial charge on any atom is 0.342 e. The smallest absolute Gasteiger partial charge is 0.317 e. The number of nitrogens with one attached hydrogen (secondary N) is 1. The Morgan fingerprint density at radius 3 is 2.35 bits per heavy atom. The summed E-state index contributed by atoms with van der Waals surface area (Å²) in [7, 11) is 2.77. The normalized spacial score (nSPS) is 33.3. The second kappa shape index (κ2) is 4.83. The minimum Gasteiger partial charge on any atom is -0.317 e. The molecule has 1 aromatic rings. The topological polar surface area (TPSA) is 106 Å². The van der Waals surface area contributed by atoms with Gasteiger partial charge in [-0.2, -0.15) is 10.5 Å². The van der Waals surface area contributed by atoms with Gasteiger partial charge in [0.15, 0.2) is 10.8 Å². The second-order valence-corrected chi connectivity index (χ2v) is 6.35. The first-order valence-electron chi connectivity index (χ1n) is 6.69. The third kappa shape index (κ3) is 1.52. The molecule has 1 aromatic carbocycles. The number of fused-ring (bicyclic) bond motifs is 1. The van der Waals surface area contributed by atoms with Gasteiger partial charge in [-0.05, 0) is 17.7 Å². The van der Waals surface area contributed by atoms with Crippen molar-refractivity contribution in [2.45, 2.75) is 11.8 Å². The molecule has 0 aromatic heterocycles. The summed E-state index contributed by atoms with van der Waals surface area (Å²) in [5.74, 6) is -2.01. The van der Waals surface area contributed by atoms with E-state index in [0.717, 1.165) is 0 Å². The van der Waals surface area contributed by atoms with Crippen molar-refractivity contribution in [3.05, 3.63) is 33.8 Å². The molecule has 3 N–H and O–H groups in total. The molecule has 0 unspecified atom stereocenters. The molecule has 118 valence electrons. The molecule has 1 fully saturated rings. The lowest BCUT2D eigenvalue weighted by molar-refractivity contribution is -0.687. The predicted octanol–water partition coefficient (Wildman–Crippen LogP) is 0.509. The number of hydrogen-bond donors (Lipinski definition) is 2. The molecule has 1 aliphatic heterocycles. The molecule has 23 heavy (non-hydrogen) atoms. The number of nitrogens with two attached hydrogens (primary N) is 1. The third-order valence-electron chi connectivity index (χ3n) is 4.85. The predicted molar refractivity (Wildman–Crippen MR) is 82.2 cm³/mol. The Morgan fingerprint density at radius 2 is 1.87 bits per heavy atom. The Hall–Kier alpha value is -1.83. The summed E-state index contributed by atoms with van der Waals surface area (Å²) >= 11 is 12.2. The minimum absolute atomic E-state index is 0.126. The Kier molecular flexibility index (Phi) is 3.37. The van der Waals surface area contributed by atoms with Gasteiger partial charge >= 0.3 is 5.91 Å². The van der Waals surface area contributed by atoms with E-state index >= 15 is 0 Å². The number of nitrogens with zero attached hydrogens (tertiary/aromatic N) is 2. The van der Waals surface area contributed by atoms with Gasteiger partial charge in [-0.15, -0.1) is 0 Å². The fraction of sp³-hybridized carbons (Fsp3) is 0.400. The van der Waals surface area contributed by atoms with E-state index in [0.29, 0.717) is 15.6 Å². The number of halogens is 2. The van der Waals surface area contributed by atoms with Crippen LogP contribution in [0.5, 0.6) is 0 Å². The monoisotopic (exact) mass is 351 g/mol. The van der Waals surface area contributed by atoms with E-state index in [9.17, 15) is 10.5 Å². The standard InChI is InChI=1S/C15H12Cl2N4O2/c1-22-15(23-2)14(7-19)11(13(14,6-18)12(20)21-15)9-4-3-8(16)5-10(9)17/h3-5,11H,1-2H3,(H2,20,21)/p+1/t11-,13+,14+/m0/s1. The van der Waals surface area contributed by atoms with E-state index in [1.807, 2.05) is 0 Å². The van der Waals surface area contributed by atoms with Crippen molar-refractivity contribution in [3.8, 4) is 12.1 Å². The van der Waals surface area contributed by atoms with Crippen molar-refractivity contribution in [2.75, 3.05) is 14.2 Å². The zero-order valence-electron chi connectivity index (χ0n) is 12.4. The van der Waals surface area contributed by atoms with E-state index in [2.05, 4.69) is 17.1 Å². The fourth-order valence-corrected chi connectivity index (χ4v) is 4.33. The molecule has 6 nitrogen and oxygen atoms in total. The number of benzene rings is 1. The van der Waals surface area contributed by atoms with Gasteiger partial charge in [0.1, 0.15) is 0 Å². The van der Waals surface area contributed by atoms with Crippen LogP contribution in [0.25, 0.3) is 0 Å². The van der Waals surface area contributed by atoms with Crippen LogP contribution in [0.2, 0.25) is 10.0 Å². The van der Waals surface area contributed by atoms with Gasteiger partial charge < -0.3 is 9.47 Å². The molecular weight excluding hydrogens is 339 g/mol. The maximum atomic E-state index is 9.92. The average molecular weight is 352 g/mol. The number of rotatable bonds is 3. The Labute approximate surface area is 143 Å². The summed E-state index contributed by atoms with van der Waals surface area (Å²) in [6, 6.07) is 9.27. The Bertz CT molecular complexity index is 809. The average Bonchev–Trinajstić information content (AvgIpc) is 3.10. The highest BCUT2D eigenvalue weighted by Crippen LogP contribution is 2.79. The van der Waals surface area contributed by atoms with Gasteiger partial charge in [0.2, 0.25) is 0 Å². The zero-order valence-corrected chi connectivity index (χ0v) is 13.9. The zero-order chi connectivity index (χ0) is 17.0. The Morgan fingerprint density at radius 1 is 1.22 bits per heavy atom. The highest BCUT2D eigenvalue weighted by Gasteiger charge is 2.97. The van der Waals surface area contributed by atoms with Gasteiger partial charge in [0.05, 0.1) is 12.1 Å². The van der Waals surface area contributed by atoms with Crippen molar-refractivity contribution in [2.24, 2.45) is 16.6 Å². The molecule has 0 radical (unpaired) electrons. The minimum atomic E-state index is -1.53. The van der Waals surface area contributed by atoms with Crippen molar-refractivity contribution in [1.82, 2.24) is 0 Å². The van der Waals surface area contributed by atoms with E-state index in [1.54, 1.807) is 18.2 Å². The molecule has 1 aliphatic carbocycles. The van der Waals surface area contributed by atoms with E-state index in [4.69, 9.17) is 38.4 Å². The first-order chi connectivity index (χ1) is 10.9. The lowest BCUT2D eigenvalue weighted by atomic mass is 9.93. The first-order valence-corrected chi connectivity index (χ1v) is 7.45. The summed E-state index contributed by atoms with van der Waals surface area (Å²) in [5, 5.41) is 20.5. The van der Waals surface area contributed by atoms with Gasteiger partial charge in [-0.25, -0.2) is 4.99 Å². The summed E-state index contributed by atoms with van der Waals surface area (Å²) in [5.41, 5.74) is 4.00. The van der Waals surface area contributed by atoms with Crippen LogP contribution in [0.3, 0.4) is 0 Å². The lowest BCUT2D eigenvalue weighted by Crippen LogP contribution is -2.90. The van der Waals surface area contributed by atoms with Crippen LogP contribution < -0.4 is 10.7 Å². The summed E-state index contributed by atoms with van der Waals surface area (Å²) in [6.45, 7) is 0. The Balaban J connectivity index is 2.28. The molecule has 0 bridgehead atoms. The van der Waals surface area contributed by atoms with Crippen LogP contribution in [0.4, 0.5) is 0 Å². The van der Waals surface area contributed by atoms with Crippen LogP contribution in [0.1, 0.15) is 11.5 Å². The number of nitriles is 2. The quantitative estimate of drug-likeness (QED) is 0.771. The van der Waals surface area contributed by atoms with Crippen LogP contribution >= 0.6 is 23.2 Å². The molecule has 3 atom stereocenters. The first kappa shape index (κ1) is 16.0. The largest absolute Gasteiger partial charge is 0.342 e. The molecule has 3 rings (SSSR count). The van der Waals surface area contributed by atoms with Crippen LogP contribution in [-0.2, 0) is 9.47 Å². The maximum absolute atomic E-state index is 9.92. The number of methoxy groups -OCH3 is 2. The van der Waals surface area contributed by atoms with Crippen LogP contribution in [0, 0.1) is 33.5 Å². The number of amidine groups is 1. The second-order valence-electron chi connectivity index (χ2n) is 5.50. The third-order valence-corrected chi connectivity index (χ3v) is 5.41. The SMILES string of the molecule is COC1(OC)[NH+]=C(N)[C@@]2(C#N)[C@H](c3ccc(Cl)cc3Cl)[C@@]12C#N. The number of ether oxygens (including phenoxy) is 2. The molecule has 0 spiro atoms. The van der Waals surface area contributed by atoms with Crippen molar-refractivity contribution in [3.63, 3.8) is 0 Å². The fourth-order valence-electron chi connectivity index (χ4n) is 3.82. The van der Waals surface area contributed by atoms with Gasteiger partial charge in [-0.1, -0.05) is 29.3 Å².